The highest BCUT2D eigenvalue weighted by molar-refractivity contribution is 7.89. The topological polar surface area (TPSA) is 113 Å². The molecule has 0 aromatic heterocycles. The molecule has 8 heteroatoms. The summed E-state index contributed by atoms with van der Waals surface area (Å²) in [7, 11) is -3.28. The minimum Gasteiger partial charge on any atom is -0.480 e. The number of amides is 1. The number of carboxylic acid groups (broad SMARTS) is 1. The molecule has 0 radical (unpaired) electrons. The Morgan fingerprint density at radius 2 is 1.74 bits per heavy atom. The second-order valence-corrected chi connectivity index (χ2v) is 7.46. The van der Waals surface area contributed by atoms with Crippen LogP contribution in [0.3, 0.4) is 0 Å². The smallest absolute Gasteiger partial charge is 0.329 e. The van der Waals surface area contributed by atoms with Crippen LogP contribution in [-0.4, -0.2) is 36.7 Å². The summed E-state index contributed by atoms with van der Waals surface area (Å²) in [4.78, 5) is 23.3. The Labute approximate surface area is 136 Å². The Hall–Kier alpha value is -1.93. The van der Waals surface area contributed by atoms with Gasteiger partial charge in [0, 0.05) is 12.1 Å². The van der Waals surface area contributed by atoms with Crippen LogP contribution >= 0.6 is 0 Å². The molecule has 0 saturated carbocycles. The van der Waals surface area contributed by atoms with Crippen molar-refractivity contribution in [1.82, 2.24) is 10.0 Å². The number of nitrogens with one attached hydrogen (secondary N) is 2. The van der Waals surface area contributed by atoms with Crippen LogP contribution < -0.4 is 10.0 Å². The molecule has 0 bridgehead atoms. The lowest BCUT2D eigenvalue weighted by Gasteiger charge is -2.24. The molecule has 1 aromatic carbocycles. The molecule has 1 amide bonds. The van der Waals surface area contributed by atoms with E-state index in [1.807, 2.05) is 0 Å². The Bertz CT molecular complexity index is 670. The number of sulfonamides is 1. The number of hydrogen-bond acceptors (Lipinski definition) is 4. The van der Waals surface area contributed by atoms with Crippen LogP contribution in [0.25, 0.3) is 0 Å². The molecule has 1 atom stereocenters. The summed E-state index contributed by atoms with van der Waals surface area (Å²) in [6, 6.07) is 6.31. The molecule has 0 heterocycles. The molecule has 1 aromatic rings. The number of rotatable bonds is 8. The fraction of sp³-hybridized carbons (Fsp3) is 0.467. The van der Waals surface area contributed by atoms with E-state index in [0.717, 1.165) is 0 Å². The predicted octanol–water partition coefficient (Wildman–Crippen LogP) is 1.11. The lowest BCUT2D eigenvalue weighted by atomic mass is 9.98. The van der Waals surface area contributed by atoms with Gasteiger partial charge in [-0.2, -0.15) is 0 Å². The maximum Gasteiger partial charge on any atom is 0.329 e. The number of carbonyl (C=O) groups is 2. The zero-order chi connectivity index (χ0) is 17.7. The zero-order valence-electron chi connectivity index (χ0n) is 13.4. The van der Waals surface area contributed by atoms with Gasteiger partial charge in [0.05, 0.1) is 5.75 Å². The van der Waals surface area contributed by atoms with Gasteiger partial charge in [-0.3, -0.25) is 4.79 Å². The van der Waals surface area contributed by atoms with Gasteiger partial charge < -0.3 is 10.4 Å². The van der Waals surface area contributed by atoms with Crippen molar-refractivity contribution in [2.24, 2.45) is 0 Å². The van der Waals surface area contributed by atoms with Crippen LogP contribution in [0.1, 0.15) is 43.1 Å². The molecule has 0 aliphatic rings. The van der Waals surface area contributed by atoms with Crippen molar-refractivity contribution in [2.75, 3.05) is 5.75 Å². The number of hydrogen-bond donors (Lipinski definition) is 3. The summed E-state index contributed by atoms with van der Waals surface area (Å²) in [5, 5.41) is 11.7. The van der Waals surface area contributed by atoms with Gasteiger partial charge in [-0.25, -0.2) is 17.9 Å². The van der Waals surface area contributed by atoms with Gasteiger partial charge in [0.15, 0.2) is 0 Å². The molecule has 7 nitrogen and oxygen atoms in total. The predicted molar refractivity (Wildman–Crippen MR) is 86.5 cm³/mol. The summed E-state index contributed by atoms with van der Waals surface area (Å²) in [6.07, 6.45) is 0.255. The van der Waals surface area contributed by atoms with E-state index >= 15 is 0 Å². The molecule has 23 heavy (non-hydrogen) atoms. The van der Waals surface area contributed by atoms with Gasteiger partial charge in [-0.15, -0.1) is 0 Å². The summed E-state index contributed by atoms with van der Waals surface area (Å²) in [5.74, 6) is -1.59. The first kappa shape index (κ1) is 19.1. The highest BCUT2D eigenvalue weighted by atomic mass is 32.2. The molecule has 0 aliphatic heterocycles. The molecule has 128 valence electrons. The lowest BCUT2D eigenvalue weighted by Crippen LogP contribution is -2.51. The Morgan fingerprint density at radius 3 is 2.17 bits per heavy atom. The summed E-state index contributed by atoms with van der Waals surface area (Å²) in [6.45, 7) is 4.81. The number of aliphatic carboxylic acids is 1. The van der Waals surface area contributed by atoms with E-state index in [1.165, 1.54) is 19.1 Å². The number of carboxylic acids is 1. The van der Waals surface area contributed by atoms with E-state index in [0.29, 0.717) is 11.1 Å². The van der Waals surface area contributed by atoms with Crippen molar-refractivity contribution in [3.63, 3.8) is 0 Å². The lowest BCUT2D eigenvalue weighted by molar-refractivity contribution is -0.143. The third kappa shape index (κ3) is 5.33. The van der Waals surface area contributed by atoms with Crippen LogP contribution in [0.15, 0.2) is 24.3 Å². The van der Waals surface area contributed by atoms with Gasteiger partial charge in [-0.05, 0) is 38.0 Å². The molecule has 0 fully saturated rings. The minimum atomic E-state index is -3.28. The average Bonchev–Trinajstić information content (AvgIpc) is 2.53. The highest BCUT2D eigenvalue weighted by Gasteiger charge is 2.32. The molecule has 0 spiro atoms. The molecule has 3 N–H and O–H groups in total. The third-order valence-electron chi connectivity index (χ3n) is 3.66. The van der Waals surface area contributed by atoms with Crippen molar-refractivity contribution in [1.29, 1.82) is 0 Å². The van der Waals surface area contributed by atoms with Crippen molar-refractivity contribution in [3.8, 4) is 0 Å². The van der Waals surface area contributed by atoms with Gasteiger partial charge in [0.25, 0.3) is 5.91 Å². The number of carbonyl (C=O) groups excluding carboxylic acids is 1. The van der Waals surface area contributed by atoms with Crippen LogP contribution in [-0.2, 0) is 21.4 Å². The van der Waals surface area contributed by atoms with Crippen molar-refractivity contribution in [2.45, 2.75) is 39.3 Å². The SMILES string of the molecule is CCC(C)(NC(=O)c1ccc(CNS(=O)(=O)CC)cc1)C(=O)O. The van der Waals surface area contributed by atoms with E-state index in [9.17, 15) is 18.0 Å². The molecule has 0 aliphatic carbocycles. The highest BCUT2D eigenvalue weighted by Crippen LogP contribution is 2.12. The second-order valence-electron chi connectivity index (χ2n) is 5.37. The first-order valence-electron chi connectivity index (χ1n) is 7.25. The van der Waals surface area contributed by atoms with Crippen LogP contribution in [0.2, 0.25) is 0 Å². The molecular formula is C15H22N2O5S. The average molecular weight is 342 g/mol. The van der Waals surface area contributed by atoms with E-state index in [1.54, 1.807) is 26.0 Å². The third-order valence-corrected chi connectivity index (χ3v) is 5.01. The number of benzene rings is 1. The second kappa shape index (κ2) is 7.56. The normalized spacial score (nSPS) is 14.0. The van der Waals surface area contributed by atoms with Crippen molar-refractivity contribution in [3.05, 3.63) is 35.4 Å². The van der Waals surface area contributed by atoms with Crippen LogP contribution in [0, 0.1) is 0 Å². The van der Waals surface area contributed by atoms with E-state index < -0.39 is 27.4 Å². The van der Waals surface area contributed by atoms with E-state index in [2.05, 4.69) is 10.0 Å². The molecule has 1 rings (SSSR count). The fourth-order valence-electron chi connectivity index (χ4n) is 1.69. The van der Waals surface area contributed by atoms with E-state index in [-0.39, 0.29) is 18.7 Å². The maximum atomic E-state index is 12.1. The summed E-state index contributed by atoms with van der Waals surface area (Å²) in [5.41, 5.74) is -0.310. The summed E-state index contributed by atoms with van der Waals surface area (Å²) < 4.78 is 25.2. The van der Waals surface area contributed by atoms with E-state index in [4.69, 9.17) is 5.11 Å². The monoisotopic (exact) mass is 342 g/mol. The Morgan fingerprint density at radius 1 is 1.17 bits per heavy atom. The molecule has 0 saturated heterocycles. The molecular weight excluding hydrogens is 320 g/mol. The molecule has 1 unspecified atom stereocenters. The van der Waals surface area contributed by atoms with Crippen LogP contribution in [0.4, 0.5) is 0 Å². The van der Waals surface area contributed by atoms with Gasteiger partial charge in [0.1, 0.15) is 5.54 Å². The van der Waals surface area contributed by atoms with Gasteiger partial charge in [-0.1, -0.05) is 19.1 Å². The van der Waals surface area contributed by atoms with Gasteiger partial charge in [0.2, 0.25) is 10.0 Å². The summed E-state index contributed by atoms with van der Waals surface area (Å²) >= 11 is 0. The Kier molecular flexibility index (Phi) is 6.28. The van der Waals surface area contributed by atoms with Crippen LogP contribution in [0.5, 0.6) is 0 Å². The Balaban J connectivity index is 2.76. The zero-order valence-corrected chi connectivity index (χ0v) is 14.2. The maximum absolute atomic E-state index is 12.1. The largest absolute Gasteiger partial charge is 0.480 e. The van der Waals surface area contributed by atoms with Gasteiger partial charge >= 0.3 is 5.97 Å². The van der Waals surface area contributed by atoms with Crippen molar-refractivity contribution >= 4 is 21.9 Å². The first-order chi connectivity index (χ1) is 10.6. The fourth-order valence-corrected chi connectivity index (χ4v) is 2.28. The van der Waals surface area contributed by atoms with Crippen molar-refractivity contribution < 1.29 is 23.1 Å². The standard InChI is InChI=1S/C15H22N2O5S/c1-4-15(3,14(19)20)17-13(18)12-8-6-11(7-9-12)10-16-23(21,22)5-2/h6-9,16H,4-5,10H2,1-3H3,(H,17,18)(H,19,20). The minimum absolute atomic E-state index is 0.00171. The first-order valence-corrected chi connectivity index (χ1v) is 8.91. The quantitative estimate of drug-likeness (QED) is 0.655.